The number of hydrogen-bond acceptors (Lipinski definition) is 4. The van der Waals surface area contributed by atoms with Crippen LogP contribution in [0.15, 0.2) is 45.9 Å². The highest BCUT2D eigenvalue weighted by Gasteiger charge is 2.14. The van der Waals surface area contributed by atoms with E-state index in [9.17, 15) is 14.7 Å². The fourth-order valence-corrected chi connectivity index (χ4v) is 1.20. The summed E-state index contributed by atoms with van der Waals surface area (Å²) in [6.07, 6.45) is 2.32. The van der Waals surface area contributed by atoms with Crippen molar-refractivity contribution < 1.29 is 14.3 Å². The molecule has 0 aliphatic rings. The van der Waals surface area contributed by atoms with Crippen LogP contribution in [0.25, 0.3) is 0 Å². The van der Waals surface area contributed by atoms with Gasteiger partial charge in [0.2, 0.25) is 0 Å². The first-order valence-electron chi connectivity index (χ1n) is 4.19. The molecule has 0 bridgehead atoms. The summed E-state index contributed by atoms with van der Waals surface area (Å²) in [6.45, 7) is 0. The van der Waals surface area contributed by atoms with Crippen LogP contribution in [0.1, 0.15) is 10.4 Å². The second-order valence-electron chi connectivity index (χ2n) is 2.86. The third-order valence-electron chi connectivity index (χ3n) is 1.93. The number of benzene rings is 1. The molecule has 0 atom stereocenters. The summed E-state index contributed by atoms with van der Waals surface area (Å²) in [4.78, 5) is 22.7. The van der Waals surface area contributed by atoms with Gasteiger partial charge >= 0.3 is 5.76 Å². The minimum Gasteiger partial charge on any atom is -0.507 e. The molecule has 0 unspecified atom stereocenters. The molecule has 0 amide bonds. The van der Waals surface area contributed by atoms with Crippen molar-refractivity contribution in [1.29, 1.82) is 0 Å². The van der Waals surface area contributed by atoms with Crippen LogP contribution < -0.4 is 5.76 Å². The van der Waals surface area contributed by atoms with Gasteiger partial charge in [-0.2, -0.15) is 0 Å². The van der Waals surface area contributed by atoms with Gasteiger partial charge in [-0.05, 0) is 12.1 Å². The summed E-state index contributed by atoms with van der Waals surface area (Å²) in [7, 11) is 0. The molecular formula is C10H7NO4. The number of nitrogens with zero attached hydrogens (tertiary/aromatic N) is 1. The highest BCUT2D eigenvalue weighted by molar-refractivity contribution is 5.98. The zero-order valence-corrected chi connectivity index (χ0v) is 7.58. The van der Waals surface area contributed by atoms with E-state index in [0.717, 1.165) is 10.8 Å². The van der Waals surface area contributed by atoms with E-state index in [1.807, 2.05) is 0 Å². The summed E-state index contributed by atoms with van der Waals surface area (Å²) in [5.74, 6) is -1.56. The van der Waals surface area contributed by atoms with Crippen LogP contribution in [0.4, 0.5) is 0 Å². The van der Waals surface area contributed by atoms with Gasteiger partial charge in [0.05, 0.1) is 11.8 Å². The van der Waals surface area contributed by atoms with Crippen molar-refractivity contribution in [2.75, 3.05) is 0 Å². The van der Waals surface area contributed by atoms with E-state index >= 15 is 0 Å². The Morgan fingerprint density at radius 1 is 1.33 bits per heavy atom. The number of aromatic nitrogens is 1. The lowest BCUT2D eigenvalue weighted by molar-refractivity contribution is 0.0949. The fourth-order valence-electron chi connectivity index (χ4n) is 1.20. The molecule has 0 radical (unpaired) electrons. The molecule has 5 nitrogen and oxygen atoms in total. The van der Waals surface area contributed by atoms with Gasteiger partial charge in [0.15, 0.2) is 0 Å². The Morgan fingerprint density at radius 2 is 2.07 bits per heavy atom. The van der Waals surface area contributed by atoms with Crippen molar-refractivity contribution in [2.24, 2.45) is 0 Å². The average molecular weight is 205 g/mol. The summed E-state index contributed by atoms with van der Waals surface area (Å²) >= 11 is 0. The standard InChI is InChI=1S/C10H7NO4/c12-8-4-2-1-3-7(8)9(13)11-5-6-15-10(11)14/h1-6,12H. The maximum atomic E-state index is 11.7. The van der Waals surface area contributed by atoms with Gasteiger partial charge in [-0.25, -0.2) is 9.36 Å². The molecule has 2 rings (SSSR count). The summed E-state index contributed by atoms with van der Waals surface area (Å²) in [5.41, 5.74) is 0.0565. The van der Waals surface area contributed by atoms with Crippen LogP contribution in [0.5, 0.6) is 5.75 Å². The van der Waals surface area contributed by atoms with Gasteiger partial charge in [0.25, 0.3) is 5.91 Å². The number of rotatable bonds is 1. The molecule has 1 aromatic heterocycles. The highest BCUT2D eigenvalue weighted by Crippen LogP contribution is 2.16. The first kappa shape index (κ1) is 9.26. The number of oxazole rings is 1. The third kappa shape index (κ3) is 1.54. The maximum absolute atomic E-state index is 11.7. The number of aromatic hydroxyl groups is 1. The number of phenolic OH excluding ortho intramolecular Hbond substituents is 1. The average Bonchev–Trinajstić information content (AvgIpc) is 2.64. The lowest BCUT2D eigenvalue weighted by Crippen LogP contribution is -2.22. The van der Waals surface area contributed by atoms with Gasteiger partial charge in [-0.3, -0.25) is 4.79 Å². The number of carbonyl (C=O) groups excluding carboxylic acids is 1. The normalized spacial score (nSPS) is 10.1. The lowest BCUT2D eigenvalue weighted by atomic mass is 10.2. The molecule has 76 valence electrons. The molecule has 0 saturated heterocycles. The van der Waals surface area contributed by atoms with Gasteiger partial charge in [-0.1, -0.05) is 12.1 Å². The molecule has 0 fully saturated rings. The van der Waals surface area contributed by atoms with Crippen molar-refractivity contribution in [3.05, 3.63) is 52.8 Å². The van der Waals surface area contributed by atoms with E-state index in [2.05, 4.69) is 4.42 Å². The van der Waals surface area contributed by atoms with E-state index in [-0.39, 0.29) is 11.3 Å². The minimum atomic E-state index is -0.775. The van der Waals surface area contributed by atoms with Crippen LogP contribution in [-0.2, 0) is 0 Å². The Morgan fingerprint density at radius 3 is 2.67 bits per heavy atom. The van der Waals surface area contributed by atoms with E-state index in [1.165, 1.54) is 18.3 Å². The van der Waals surface area contributed by atoms with Crippen molar-refractivity contribution >= 4 is 5.91 Å². The highest BCUT2D eigenvalue weighted by atomic mass is 16.4. The smallest absolute Gasteiger partial charge is 0.426 e. The van der Waals surface area contributed by atoms with Gasteiger partial charge in [0.1, 0.15) is 12.0 Å². The van der Waals surface area contributed by atoms with Gasteiger partial charge < -0.3 is 9.52 Å². The third-order valence-corrected chi connectivity index (χ3v) is 1.93. The minimum absolute atomic E-state index is 0.0565. The van der Waals surface area contributed by atoms with Crippen LogP contribution >= 0.6 is 0 Å². The number of phenols is 1. The summed E-state index contributed by atoms with van der Waals surface area (Å²) < 4.78 is 5.24. The first-order valence-corrected chi connectivity index (χ1v) is 4.19. The Kier molecular flexibility index (Phi) is 2.13. The molecule has 2 aromatic rings. The Balaban J connectivity index is 2.51. The molecule has 15 heavy (non-hydrogen) atoms. The van der Waals surface area contributed by atoms with Crippen molar-refractivity contribution in [3.63, 3.8) is 0 Å². The lowest BCUT2D eigenvalue weighted by Gasteiger charge is -2.01. The molecule has 0 saturated carbocycles. The number of hydrogen-bond donors (Lipinski definition) is 1. The van der Waals surface area contributed by atoms with E-state index in [1.54, 1.807) is 12.1 Å². The van der Waals surface area contributed by atoms with Crippen molar-refractivity contribution in [3.8, 4) is 5.75 Å². The molecule has 1 N–H and O–H groups in total. The summed E-state index contributed by atoms with van der Waals surface area (Å²) in [6, 6.07) is 5.98. The predicted molar refractivity (Wildman–Crippen MR) is 50.8 cm³/mol. The molecule has 0 aliphatic carbocycles. The number of para-hydroxylation sites is 1. The monoisotopic (exact) mass is 205 g/mol. The molecule has 0 aliphatic heterocycles. The van der Waals surface area contributed by atoms with E-state index < -0.39 is 11.7 Å². The zero-order valence-electron chi connectivity index (χ0n) is 7.58. The molecule has 0 spiro atoms. The van der Waals surface area contributed by atoms with E-state index in [4.69, 9.17) is 0 Å². The van der Waals surface area contributed by atoms with Crippen LogP contribution in [0, 0.1) is 0 Å². The first-order chi connectivity index (χ1) is 7.20. The second-order valence-corrected chi connectivity index (χ2v) is 2.86. The Bertz CT molecular complexity index is 552. The zero-order chi connectivity index (χ0) is 10.8. The topological polar surface area (TPSA) is 72.4 Å². The summed E-state index contributed by atoms with van der Waals surface area (Å²) in [5, 5.41) is 9.40. The van der Waals surface area contributed by atoms with Crippen LogP contribution in [0.2, 0.25) is 0 Å². The molecule has 1 aromatic carbocycles. The molecule has 5 heteroatoms. The van der Waals surface area contributed by atoms with Crippen LogP contribution in [0.3, 0.4) is 0 Å². The van der Waals surface area contributed by atoms with E-state index in [0.29, 0.717) is 0 Å². The molecule has 1 heterocycles. The fraction of sp³-hybridized carbons (Fsp3) is 0. The molecular weight excluding hydrogens is 198 g/mol. The van der Waals surface area contributed by atoms with Crippen molar-refractivity contribution in [1.82, 2.24) is 4.57 Å². The number of carbonyl (C=O) groups is 1. The van der Waals surface area contributed by atoms with Crippen LogP contribution in [-0.4, -0.2) is 15.6 Å². The quantitative estimate of drug-likeness (QED) is 0.748. The van der Waals surface area contributed by atoms with Crippen molar-refractivity contribution in [2.45, 2.75) is 0 Å². The largest absolute Gasteiger partial charge is 0.507 e. The maximum Gasteiger partial charge on any atom is 0.426 e. The Labute approximate surface area is 84.2 Å². The SMILES string of the molecule is O=C(c1ccccc1O)n1ccoc1=O. The van der Waals surface area contributed by atoms with Gasteiger partial charge in [-0.15, -0.1) is 0 Å². The Hall–Kier alpha value is -2.30. The van der Waals surface area contributed by atoms with Gasteiger partial charge in [0, 0.05) is 0 Å². The predicted octanol–water partition coefficient (Wildman–Crippen LogP) is 0.835. The second kappa shape index (κ2) is 3.45.